The van der Waals surface area contributed by atoms with Crippen molar-refractivity contribution in [3.63, 3.8) is 0 Å². The van der Waals surface area contributed by atoms with Crippen molar-refractivity contribution >= 4 is 11.3 Å². The van der Waals surface area contributed by atoms with E-state index < -0.39 is 0 Å². The van der Waals surface area contributed by atoms with Crippen LogP contribution in [-0.2, 0) is 6.54 Å². The lowest BCUT2D eigenvalue weighted by Crippen LogP contribution is -2.55. The van der Waals surface area contributed by atoms with Gasteiger partial charge in [-0.2, -0.15) is 0 Å². The normalized spacial score (nSPS) is 24.8. The molecule has 108 valence electrons. The van der Waals surface area contributed by atoms with E-state index >= 15 is 0 Å². The Morgan fingerprint density at radius 2 is 2.16 bits per heavy atom. The lowest BCUT2D eigenvalue weighted by Gasteiger charge is -2.40. The molecular formula is C15H27N3S. The van der Waals surface area contributed by atoms with Gasteiger partial charge in [0.25, 0.3) is 0 Å². The van der Waals surface area contributed by atoms with E-state index in [1.165, 1.54) is 41.4 Å². The zero-order valence-electron chi connectivity index (χ0n) is 12.7. The Hall–Kier alpha value is -0.450. The van der Waals surface area contributed by atoms with Crippen LogP contribution in [0.1, 0.15) is 48.7 Å². The van der Waals surface area contributed by atoms with E-state index in [9.17, 15) is 0 Å². The standard InChI is InChI=1S/C15H27N3S/c1-5-7-14-8-16-13(6-2)9-18(14)10-15-17-11(3)12(4)19-15/h13-14,16H,5-10H2,1-4H3. The Morgan fingerprint density at radius 3 is 2.74 bits per heavy atom. The molecule has 1 N–H and O–H groups in total. The first-order chi connectivity index (χ1) is 9.13. The second-order valence-electron chi connectivity index (χ2n) is 5.63. The number of nitrogens with zero attached hydrogens (tertiary/aromatic N) is 2. The maximum absolute atomic E-state index is 4.71. The molecule has 1 fully saturated rings. The lowest BCUT2D eigenvalue weighted by atomic mass is 10.0. The minimum atomic E-state index is 0.648. The Kier molecular flexibility index (Phi) is 5.37. The molecule has 4 heteroatoms. The zero-order chi connectivity index (χ0) is 13.8. The number of aryl methyl sites for hydroxylation is 2. The van der Waals surface area contributed by atoms with Crippen LogP contribution >= 0.6 is 11.3 Å². The van der Waals surface area contributed by atoms with Crippen molar-refractivity contribution in [1.82, 2.24) is 15.2 Å². The summed E-state index contributed by atoms with van der Waals surface area (Å²) in [6.07, 6.45) is 3.76. The monoisotopic (exact) mass is 281 g/mol. The number of rotatable bonds is 5. The van der Waals surface area contributed by atoms with Gasteiger partial charge in [0.1, 0.15) is 5.01 Å². The molecule has 2 rings (SSSR count). The number of piperazine rings is 1. The first-order valence-electron chi connectivity index (χ1n) is 7.54. The lowest BCUT2D eigenvalue weighted by molar-refractivity contribution is 0.113. The molecule has 0 radical (unpaired) electrons. The maximum Gasteiger partial charge on any atom is 0.107 e. The van der Waals surface area contributed by atoms with Crippen LogP contribution < -0.4 is 5.32 Å². The van der Waals surface area contributed by atoms with Crippen molar-refractivity contribution in [2.45, 2.75) is 65.6 Å². The summed E-state index contributed by atoms with van der Waals surface area (Å²) in [4.78, 5) is 8.72. The molecule has 0 spiro atoms. The summed E-state index contributed by atoms with van der Waals surface area (Å²) in [5, 5.41) is 4.96. The van der Waals surface area contributed by atoms with Gasteiger partial charge in [0.15, 0.2) is 0 Å². The highest BCUT2D eigenvalue weighted by molar-refractivity contribution is 7.11. The highest BCUT2D eigenvalue weighted by atomic mass is 32.1. The van der Waals surface area contributed by atoms with E-state index in [0.29, 0.717) is 12.1 Å². The predicted molar refractivity (Wildman–Crippen MR) is 82.8 cm³/mol. The van der Waals surface area contributed by atoms with Gasteiger partial charge in [0.2, 0.25) is 0 Å². The maximum atomic E-state index is 4.71. The number of nitrogens with one attached hydrogen (secondary N) is 1. The van der Waals surface area contributed by atoms with Gasteiger partial charge in [-0.3, -0.25) is 4.90 Å². The van der Waals surface area contributed by atoms with Gasteiger partial charge in [-0.05, 0) is 26.7 Å². The molecule has 0 amide bonds. The highest BCUT2D eigenvalue weighted by Gasteiger charge is 2.27. The van der Waals surface area contributed by atoms with Gasteiger partial charge >= 0.3 is 0 Å². The molecule has 3 nitrogen and oxygen atoms in total. The predicted octanol–water partition coefficient (Wildman–Crippen LogP) is 3.11. The Bertz CT molecular complexity index is 383. The first kappa shape index (κ1) is 14.9. The Balaban J connectivity index is 2.04. The van der Waals surface area contributed by atoms with Crippen molar-refractivity contribution in [1.29, 1.82) is 0 Å². The van der Waals surface area contributed by atoms with Crippen molar-refractivity contribution in [3.8, 4) is 0 Å². The van der Waals surface area contributed by atoms with E-state index in [0.717, 1.165) is 13.1 Å². The van der Waals surface area contributed by atoms with E-state index in [4.69, 9.17) is 4.98 Å². The van der Waals surface area contributed by atoms with Crippen LogP contribution in [0.25, 0.3) is 0 Å². The number of hydrogen-bond donors (Lipinski definition) is 1. The first-order valence-corrected chi connectivity index (χ1v) is 8.36. The summed E-state index contributed by atoms with van der Waals surface area (Å²) in [5.41, 5.74) is 1.20. The summed E-state index contributed by atoms with van der Waals surface area (Å²) in [6.45, 7) is 12.2. The average Bonchev–Trinajstić information content (AvgIpc) is 2.70. The van der Waals surface area contributed by atoms with Crippen LogP contribution in [0, 0.1) is 13.8 Å². The largest absolute Gasteiger partial charge is 0.311 e. The van der Waals surface area contributed by atoms with E-state index in [1.807, 2.05) is 11.3 Å². The van der Waals surface area contributed by atoms with Gasteiger partial charge in [-0.25, -0.2) is 4.98 Å². The third-order valence-corrected chi connectivity index (χ3v) is 5.20. The molecule has 19 heavy (non-hydrogen) atoms. The molecule has 0 bridgehead atoms. The van der Waals surface area contributed by atoms with E-state index in [-0.39, 0.29) is 0 Å². The number of thiazole rings is 1. The molecule has 1 aliphatic rings. The minimum Gasteiger partial charge on any atom is -0.311 e. The SMILES string of the molecule is CCCC1CNC(CC)CN1Cc1nc(C)c(C)s1. The highest BCUT2D eigenvalue weighted by Crippen LogP contribution is 2.22. The molecule has 0 aromatic carbocycles. The van der Waals surface area contributed by atoms with Gasteiger partial charge in [0.05, 0.1) is 12.2 Å². The molecule has 2 heterocycles. The van der Waals surface area contributed by atoms with Crippen LogP contribution in [-0.4, -0.2) is 35.1 Å². The Morgan fingerprint density at radius 1 is 1.37 bits per heavy atom. The summed E-state index contributed by atoms with van der Waals surface area (Å²) in [5.74, 6) is 0. The van der Waals surface area contributed by atoms with E-state index in [1.54, 1.807) is 0 Å². The molecule has 2 atom stereocenters. The second-order valence-corrected chi connectivity index (χ2v) is 6.92. The van der Waals surface area contributed by atoms with Crippen LogP contribution in [0.4, 0.5) is 0 Å². The molecule has 1 saturated heterocycles. The fourth-order valence-electron chi connectivity index (χ4n) is 2.79. The number of hydrogen-bond acceptors (Lipinski definition) is 4. The van der Waals surface area contributed by atoms with Crippen molar-refractivity contribution in [2.75, 3.05) is 13.1 Å². The van der Waals surface area contributed by atoms with E-state index in [2.05, 4.69) is 37.9 Å². The molecule has 0 saturated carbocycles. The molecule has 1 aromatic rings. The Labute approximate surface area is 121 Å². The topological polar surface area (TPSA) is 28.2 Å². The molecule has 1 aromatic heterocycles. The smallest absolute Gasteiger partial charge is 0.107 e. The summed E-state index contributed by atoms with van der Waals surface area (Å²) in [7, 11) is 0. The third kappa shape index (κ3) is 3.77. The molecule has 0 aliphatic carbocycles. The van der Waals surface area contributed by atoms with Crippen LogP contribution in [0.15, 0.2) is 0 Å². The third-order valence-electron chi connectivity index (χ3n) is 4.14. The summed E-state index contributed by atoms with van der Waals surface area (Å²) >= 11 is 1.86. The molecular weight excluding hydrogens is 254 g/mol. The second kappa shape index (κ2) is 6.82. The quantitative estimate of drug-likeness (QED) is 0.899. The van der Waals surface area contributed by atoms with Crippen molar-refractivity contribution < 1.29 is 0 Å². The minimum absolute atomic E-state index is 0.648. The van der Waals surface area contributed by atoms with Gasteiger partial charge in [0, 0.05) is 30.1 Å². The fraction of sp³-hybridized carbons (Fsp3) is 0.800. The average molecular weight is 281 g/mol. The van der Waals surface area contributed by atoms with Crippen molar-refractivity contribution in [2.24, 2.45) is 0 Å². The van der Waals surface area contributed by atoms with Gasteiger partial charge < -0.3 is 5.32 Å². The van der Waals surface area contributed by atoms with Crippen LogP contribution in [0.2, 0.25) is 0 Å². The number of aromatic nitrogens is 1. The van der Waals surface area contributed by atoms with Gasteiger partial charge in [-0.15, -0.1) is 11.3 Å². The summed E-state index contributed by atoms with van der Waals surface area (Å²) in [6, 6.07) is 1.33. The van der Waals surface area contributed by atoms with Gasteiger partial charge in [-0.1, -0.05) is 20.3 Å². The molecule has 1 aliphatic heterocycles. The molecule has 2 unspecified atom stereocenters. The fourth-order valence-corrected chi connectivity index (χ4v) is 3.75. The van der Waals surface area contributed by atoms with Crippen LogP contribution in [0.3, 0.4) is 0 Å². The zero-order valence-corrected chi connectivity index (χ0v) is 13.5. The summed E-state index contributed by atoms with van der Waals surface area (Å²) < 4.78 is 0. The van der Waals surface area contributed by atoms with Crippen LogP contribution in [0.5, 0.6) is 0 Å². The van der Waals surface area contributed by atoms with Crippen molar-refractivity contribution in [3.05, 3.63) is 15.6 Å².